The Bertz CT molecular complexity index is 565. The maximum Gasteiger partial charge on any atom is 0.123 e. The third kappa shape index (κ3) is 4.76. The van der Waals surface area contributed by atoms with Gasteiger partial charge in [-0.1, -0.05) is 12.1 Å². The van der Waals surface area contributed by atoms with E-state index in [0.29, 0.717) is 6.54 Å². The number of hydrogen-bond donors (Lipinski definition) is 1. The molecule has 0 aliphatic carbocycles. The molecule has 2 rings (SSSR count). The second-order valence-corrected chi connectivity index (χ2v) is 4.78. The molecule has 2 aromatic carbocycles. The van der Waals surface area contributed by atoms with Crippen LogP contribution < -0.4 is 14.8 Å². The molecule has 0 aliphatic rings. The van der Waals surface area contributed by atoms with Gasteiger partial charge in [0.15, 0.2) is 0 Å². The van der Waals surface area contributed by atoms with E-state index in [1.807, 2.05) is 24.3 Å². The summed E-state index contributed by atoms with van der Waals surface area (Å²) in [5, 5.41) is 3.34. The van der Waals surface area contributed by atoms with Gasteiger partial charge in [-0.25, -0.2) is 4.39 Å². The van der Waals surface area contributed by atoms with Crippen LogP contribution in [0, 0.1) is 5.82 Å². The van der Waals surface area contributed by atoms with Gasteiger partial charge in [0.05, 0.1) is 14.2 Å². The SMILES string of the molecule is COc1cc(CNCCc2cccc(F)c2)cc(OC)c1. The first-order valence-electron chi connectivity index (χ1n) is 6.88. The minimum absolute atomic E-state index is 0.190. The van der Waals surface area contributed by atoms with E-state index in [0.717, 1.165) is 35.6 Å². The van der Waals surface area contributed by atoms with E-state index in [4.69, 9.17) is 9.47 Å². The van der Waals surface area contributed by atoms with Gasteiger partial charge in [-0.15, -0.1) is 0 Å². The standard InChI is InChI=1S/C17H20FNO2/c1-20-16-9-14(10-17(11-16)21-2)12-19-7-6-13-4-3-5-15(18)8-13/h3-5,8-11,19H,6-7,12H2,1-2H3. The van der Waals surface area contributed by atoms with Crippen LogP contribution in [0.25, 0.3) is 0 Å². The Morgan fingerprint density at radius 1 is 0.952 bits per heavy atom. The van der Waals surface area contributed by atoms with Crippen molar-refractivity contribution in [1.82, 2.24) is 5.32 Å². The predicted octanol–water partition coefficient (Wildman–Crippen LogP) is 3.18. The molecule has 0 heterocycles. The van der Waals surface area contributed by atoms with Gasteiger partial charge in [0, 0.05) is 12.6 Å². The van der Waals surface area contributed by atoms with E-state index in [2.05, 4.69) is 5.32 Å². The molecule has 0 amide bonds. The molecule has 2 aromatic rings. The molecule has 0 saturated heterocycles. The minimum Gasteiger partial charge on any atom is -0.497 e. The van der Waals surface area contributed by atoms with Gasteiger partial charge < -0.3 is 14.8 Å². The fraction of sp³-hybridized carbons (Fsp3) is 0.294. The van der Waals surface area contributed by atoms with Crippen LogP contribution in [0.1, 0.15) is 11.1 Å². The largest absolute Gasteiger partial charge is 0.497 e. The molecule has 4 heteroatoms. The highest BCUT2D eigenvalue weighted by molar-refractivity contribution is 5.38. The summed E-state index contributed by atoms with van der Waals surface area (Å²) < 4.78 is 23.5. The highest BCUT2D eigenvalue weighted by atomic mass is 19.1. The maximum absolute atomic E-state index is 13.1. The van der Waals surface area contributed by atoms with E-state index in [9.17, 15) is 4.39 Å². The summed E-state index contributed by atoms with van der Waals surface area (Å²) in [6, 6.07) is 12.5. The molecule has 0 aromatic heterocycles. The molecule has 0 spiro atoms. The van der Waals surface area contributed by atoms with Crippen molar-refractivity contribution in [1.29, 1.82) is 0 Å². The summed E-state index contributed by atoms with van der Waals surface area (Å²) in [4.78, 5) is 0. The van der Waals surface area contributed by atoms with Gasteiger partial charge in [-0.2, -0.15) is 0 Å². The van der Waals surface area contributed by atoms with Gasteiger partial charge in [-0.3, -0.25) is 0 Å². The lowest BCUT2D eigenvalue weighted by Crippen LogP contribution is -2.16. The summed E-state index contributed by atoms with van der Waals surface area (Å²) in [5.74, 6) is 1.36. The molecule has 0 unspecified atom stereocenters. The lowest BCUT2D eigenvalue weighted by molar-refractivity contribution is 0.393. The number of halogens is 1. The average Bonchev–Trinajstić information content (AvgIpc) is 2.51. The third-order valence-corrected chi connectivity index (χ3v) is 3.22. The normalized spacial score (nSPS) is 10.4. The Kier molecular flexibility index (Phi) is 5.58. The van der Waals surface area contributed by atoms with Crippen molar-refractivity contribution in [3.63, 3.8) is 0 Å². The molecule has 0 bridgehead atoms. The number of ether oxygens (including phenoxy) is 2. The number of hydrogen-bond acceptors (Lipinski definition) is 3. The molecule has 112 valence electrons. The van der Waals surface area contributed by atoms with Crippen LogP contribution in [0.5, 0.6) is 11.5 Å². The van der Waals surface area contributed by atoms with Crippen LogP contribution in [0.4, 0.5) is 4.39 Å². The molecule has 0 radical (unpaired) electrons. The fourth-order valence-electron chi connectivity index (χ4n) is 2.13. The molecular formula is C17H20FNO2. The molecule has 0 saturated carbocycles. The van der Waals surface area contributed by atoms with Gasteiger partial charge >= 0.3 is 0 Å². The van der Waals surface area contributed by atoms with Crippen LogP contribution in [-0.4, -0.2) is 20.8 Å². The van der Waals surface area contributed by atoms with E-state index in [-0.39, 0.29) is 5.82 Å². The van der Waals surface area contributed by atoms with Crippen LogP contribution in [0.3, 0.4) is 0 Å². The van der Waals surface area contributed by atoms with E-state index in [1.54, 1.807) is 26.4 Å². The highest BCUT2D eigenvalue weighted by Gasteiger charge is 2.02. The van der Waals surface area contributed by atoms with Crippen molar-refractivity contribution in [3.05, 3.63) is 59.4 Å². The zero-order valence-corrected chi connectivity index (χ0v) is 12.4. The molecule has 1 N–H and O–H groups in total. The monoisotopic (exact) mass is 289 g/mol. The zero-order valence-electron chi connectivity index (χ0n) is 12.4. The summed E-state index contributed by atoms with van der Waals surface area (Å²) in [5.41, 5.74) is 2.08. The quantitative estimate of drug-likeness (QED) is 0.794. The first-order valence-corrected chi connectivity index (χ1v) is 6.88. The molecule has 0 atom stereocenters. The summed E-state index contributed by atoms with van der Waals surface area (Å²) in [6.07, 6.45) is 0.791. The van der Waals surface area contributed by atoms with E-state index >= 15 is 0 Å². The van der Waals surface area contributed by atoms with Gasteiger partial charge in [0.2, 0.25) is 0 Å². The van der Waals surface area contributed by atoms with Crippen LogP contribution in [0.15, 0.2) is 42.5 Å². The third-order valence-electron chi connectivity index (χ3n) is 3.22. The summed E-state index contributed by atoms with van der Waals surface area (Å²) in [6.45, 7) is 1.49. The highest BCUT2D eigenvalue weighted by Crippen LogP contribution is 2.22. The van der Waals surface area contributed by atoms with Crippen molar-refractivity contribution in [2.24, 2.45) is 0 Å². The topological polar surface area (TPSA) is 30.5 Å². The Balaban J connectivity index is 1.85. The molecular weight excluding hydrogens is 269 g/mol. The Morgan fingerprint density at radius 2 is 1.67 bits per heavy atom. The second kappa shape index (κ2) is 7.64. The van der Waals surface area contributed by atoms with Crippen molar-refractivity contribution in [3.8, 4) is 11.5 Å². The van der Waals surface area contributed by atoms with Crippen molar-refractivity contribution < 1.29 is 13.9 Å². The average molecular weight is 289 g/mol. The van der Waals surface area contributed by atoms with Crippen LogP contribution >= 0.6 is 0 Å². The van der Waals surface area contributed by atoms with Gasteiger partial charge in [0.1, 0.15) is 17.3 Å². The smallest absolute Gasteiger partial charge is 0.123 e. The predicted molar refractivity (Wildman–Crippen MR) is 81.4 cm³/mol. The Labute approximate surface area is 124 Å². The Morgan fingerprint density at radius 3 is 2.29 bits per heavy atom. The van der Waals surface area contributed by atoms with Crippen LogP contribution in [-0.2, 0) is 13.0 Å². The lowest BCUT2D eigenvalue weighted by atomic mass is 10.1. The number of benzene rings is 2. The summed E-state index contributed by atoms with van der Waals surface area (Å²) >= 11 is 0. The summed E-state index contributed by atoms with van der Waals surface area (Å²) in [7, 11) is 3.27. The van der Waals surface area contributed by atoms with Crippen molar-refractivity contribution >= 4 is 0 Å². The van der Waals surface area contributed by atoms with E-state index in [1.165, 1.54) is 6.07 Å². The minimum atomic E-state index is -0.190. The van der Waals surface area contributed by atoms with Crippen LogP contribution in [0.2, 0.25) is 0 Å². The zero-order chi connectivity index (χ0) is 15.1. The Hall–Kier alpha value is -2.07. The number of methoxy groups -OCH3 is 2. The van der Waals surface area contributed by atoms with Crippen molar-refractivity contribution in [2.45, 2.75) is 13.0 Å². The first-order chi connectivity index (χ1) is 10.2. The molecule has 0 aliphatic heterocycles. The second-order valence-electron chi connectivity index (χ2n) is 4.78. The van der Waals surface area contributed by atoms with Gasteiger partial charge in [0.25, 0.3) is 0 Å². The number of nitrogens with one attached hydrogen (secondary N) is 1. The fourth-order valence-corrected chi connectivity index (χ4v) is 2.13. The lowest BCUT2D eigenvalue weighted by Gasteiger charge is -2.09. The van der Waals surface area contributed by atoms with E-state index < -0.39 is 0 Å². The molecule has 21 heavy (non-hydrogen) atoms. The first kappa shape index (κ1) is 15.3. The van der Waals surface area contributed by atoms with Crippen molar-refractivity contribution in [2.75, 3.05) is 20.8 Å². The molecule has 3 nitrogen and oxygen atoms in total. The molecule has 0 fully saturated rings. The number of rotatable bonds is 7. The maximum atomic E-state index is 13.1. The van der Waals surface area contributed by atoms with Gasteiger partial charge in [-0.05, 0) is 48.4 Å².